The molecule has 1 aromatic carbocycles. The fraction of sp³-hybridized carbons (Fsp3) is 0.273. The second-order valence-electron chi connectivity index (χ2n) is 3.54. The van der Waals surface area contributed by atoms with E-state index < -0.39 is 10.0 Å². The third kappa shape index (κ3) is 5.77. The first-order chi connectivity index (χ1) is 8.41. The van der Waals surface area contributed by atoms with Crippen LogP contribution in [-0.4, -0.2) is 26.5 Å². The zero-order valence-electron chi connectivity index (χ0n) is 9.73. The van der Waals surface area contributed by atoms with Gasteiger partial charge in [-0.05, 0) is 12.1 Å². The summed E-state index contributed by atoms with van der Waals surface area (Å²) in [6.07, 6.45) is 0. The predicted octanol–water partition coefficient (Wildman–Crippen LogP) is 2.03. The lowest BCUT2D eigenvalue weighted by Gasteiger charge is -2.07. The average Bonchev–Trinajstić information content (AvgIpc) is 2.29. The molecule has 0 saturated heterocycles. The van der Waals surface area contributed by atoms with Crippen LogP contribution in [0.25, 0.3) is 0 Å². The highest BCUT2D eigenvalue weighted by Gasteiger charge is 2.10. The lowest BCUT2D eigenvalue weighted by atomic mass is 10.3. The summed E-state index contributed by atoms with van der Waals surface area (Å²) in [4.78, 5) is 0.884. The van der Waals surface area contributed by atoms with E-state index in [0.717, 1.165) is 4.90 Å². The Morgan fingerprint density at radius 1 is 1.44 bits per heavy atom. The van der Waals surface area contributed by atoms with Crippen molar-refractivity contribution in [3.63, 3.8) is 0 Å². The number of nitrogens with one attached hydrogen (secondary N) is 1. The molecular formula is C11H15ClN2O2S2. The molecule has 0 aliphatic heterocycles. The van der Waals surface area contributed by atoms with Gasteiger partial charge in [-0.25, -0.2) is 13.1 Å². The first-order valence-electron chi connectivity index (χ1n) is 5.18. The first-order valence-corrected chi connectivity index (χ1v) is 8.20. The lowest BCUT2D eigenvalue weighted by molar-refractivity contribution is 0.587. The summed E-state index contributed by atoms with van der Waals surface area (Å²) in [5.41, 5.74) is 6.41. The molecule has 0 bridgehead atoms. The zero-order chi connectivity index (χ0) is 13.6. The molecule has 1 aromatic rings. The molecular weight excluding hydrogens is 292 g/mol. The quantitative estimate of drug-likeness (QED) is 0.597. The smallest absolute Gasteiger partial charge is 0.212 e. The van der Waals surface area contributed by atoms with Crippen molar-refractivity contribution in [1.29, 1.82) is 0 Å². The van der Waals surface area contributed by atoms with E-state index in [1.807, 2.05) is 18.2 Å². The zero-order valence-corrected chi connectivity index (χ0v) is 12.1. The lowest BCUT2D eigenvalue weighted by Crippen LogP contribution is -2.28. The number of anilines is 1. The molecule has 0 atom stereocenters. The summed E-state index contributed by atoms with van der Waals surface area (Å²) in [6.45, 7) is 3.47. The van der Waals surface area contributed by atoms with Crippen molar-refractivity contribution in [3.05, 3.63) is 35.9 Å². The van der Waals surface area contributed by atoms with E-state index in [-0.39, 0.29) is 17.3 Å². The fourth-order valence-corrected chi connectivity index (χ4v) is 3.66. The number of hydrogen-bond donors (Lipinski definition) is 2. The van der Waals surface area contributed by atoms with Gasteiger partial charge in [0.2, 0.25) is 10.0 Å². The van der Waals surface area contributed by atoms with Gasteiger partial charge >= 0.3 is 0 Å². The minimum atomic E-state index is -3.32. The number of hydrogen-bond acceptors (Lipinski definition) is 4. The molecule has 100 valence electrons. The number of nitrogen functional groups attached to an aromatic ring is 1. The minimum Gasteiger partial charge on any atom is -0.398 e. The van der Waals surface area contributed by atoms with Crippen LogP contribution in [-0.2, 0) is 10.0 Å². The molecule has 0 saturated carbocycles. The summed E-state index contributed by atoms with van der Waals surface area (Å²) < 4.78 is 25.5. The van der Waals surface area contributed by atoms with Crippen LogP contribution in [0.2, 0.25) is 0 Å². The van der Waals surface area contributed by atoms with E-state index in [1.54, 1.807) is 6.07 Å². The Hall–Kier alpha value is -0.690. The predicted molar refractivity (Wildman–Crippen MR) is 78.4 cm³/mol. The molecule has 4 nitrogen and oxygen atoms in total. The number of thioether (sulfide) groups is 1. The summed E-state index contributed by atoms with van der Waals surface area (Å²) in [6, 6.07) is 7.35. The SMILES string of the molecule is C=C(Cl)CNS(=O)(=O)CCSc1ccccc1N. The Balaban J connectivity index is 2.42. The van der Waals surface area contributed by atoms with Gasteiger partial charge < -0.3 is 5.73 Å². The molecule has 0 aromatic heterocycles. The van der Waals surface area contributed by atoms with Crippen LogP contribution >= 0.6 is 23.4 Å². The largest absolute Gasteiger partial charge is 0.398 e. The Bertz CT molecular complexity index is 518. The van der Waals surface area contributed by atoms with Gasteiger partial charge in [0.15, 0.2) is 0 Å². The van der Waals surface area contributed by atoms with Crippen LogP contribution in [0, 0.1) is 0 Å². The van der Waals surface area contributed by atoms with E-state index in [9.17, 15) is 8.42 Å². The van der Waals surface area contributed by atoms with Crippen molar-refractivity contribution in [2.24, 2.45) is 0 Å². The maximum absolute atomic E-state index is 11.6. The van der Waals surface area contributed by atoms with Gasteiger partial charge in [-0.1, -0.05) is 30.3 Å². The number of sulfonamides is 1. The Morgan fingerprint density at radius 2 is 2.11 bits per heavy atom. The maximum Gasteiger partial charge on any atom is 0.212 e. The normalized spacial score (nSPS) is 11.4. The molecule has 0 radical (unpaired) electrons. The number of benzene rings is 1. The molecule has 0 unspecified atom stereocenters. The average molecular weight is 307 g/mol. The summed E-state index contributed by atoms with van der Waals surface area (Å²) >= 11 is 6.90. The molecule has 0 amide bonds. The molecule has 18 heavy (non-hydrogen) atoms. The molecule has 0 aliphatic rings. The summed E-state index contributed by atoms with van der Waals surface area (Å²) in [5.74, 6) is 0.439. The summed E-state index contributed by atoms with van der Waals surface area (Å²) in [7, 11) is -3.32. The van der Waals surface area contributed by atoms with E-state index in [2.05, 4.69) is 11.3 Å². The highest BCUT2D eigenvalue weighted by molar-refractivity contribution is 8.00. The van der Waals surface area contributed by atoms with Crippen molar-refractivity contribution in [3.8, 4) is 0 Å². The van der Waals surface area contributed by atoms with Crippen LogP contribution < -0.4 is 10.5 Å². The minimum absolute atomic E-state index is 0.0101. The number of para-hydroxylation sites is 1. The molecule has 1 rings (SSSR count). The van der Waals surface area contributed by atoms with Crippen molar-refractivity contribution in [2.75, 3.05) is 23.8 Å². The van der Waals surface area contributed by atoms with E-state index in [0.29, 0.717) is 11.4 Å². The molecule has 0 aliphatic carbocycles. The topological polar surface area (TPSA) is 72.2 Å². The Kier molecular flexibility index (Phi) is 6.01. The number of nitrogens with two attached hydrogens (primary N) is 1. The second-order valence-corrected chi connectivity index (χ2v) is 7.14. The van der Waals surface area contributed by atoms with Crippen LogP contribution in [0.5, 0.6) is 0 Å². The van der Waals surface area contributed by atoms with E-state index in [1.165, 1.54) is 11.8 Å². The molecule has 0 spiro atoms. The van der Waals surface area contributed by atoms with Crippen LogP contribution in [0.4, 0.5) is 5.69 Å². The van der Waals surface area contributed by atoms with Gasteiger partial charge in [0, 0.05) is 27.9 Å². The molecule has 0 heterocycles. The fourth-order valence-electron chi connectivity index (χ4n) is 1.13. The molecule has 7 heteroatoms. The van der Waals surface area contributed by atoms with E-state index >= 15 is 0 Å². The highest BCUT2D eigenvalue weighted by Crippen LogP contribution is 2.24. The summed E-state index contributed by atoms with van der Waals surface area (Å²) in [5, 5.41) is 0.263. The van der Waals surface area contributed by atoms with Crippen molar-refractivity contribution in [2.45, 2.75) is 4.90 Å². The molecule has 0 fully saturated rings. The number of rotatable bonds is 7. The van der Waals surface area contributed by atoms with Crippen molar-refractivity contribution in [1.82, 2.24) is 4.72 Å². The highest BCUT2D eigenvalue weighted by atomic mass is 35.5. The first kappa shape index (κ1) is 15.4. The van der Waals surface area contributed by atoms with Gasteiger partial charge in [-0.3, -0.25) is 0 Å². The third-order valence-corrected chi connectivity index (χ3v) is 4.82. The van der Waals surface area contributed by atoms with Crippen molar-refractivity contribution >= 4 is 39.1 Å². The van der Waals surface area contributed by atoms with Crippen molar-refractivity contribution < 1.29 is 8.42 Å². The van der Waals surface area contributed by atoms with Crippen LogP contribution in [0.1, 0.15) is 0 Å². The van der Waals surface area contributed by atoms with Crippen LogP contribution in [0.15, 0.2) is 40.8 Å². The second kappa shape index (κ2) is 7.04. The van der Waals surface area contributed by atoms with E-state index in [4.69, 9.17) is 17.3 Å². The van der Waals surface area contributed by atoms with Gasteiger partial charge in [0.1, 0.15) is 0 Å². The monoisotopic (exact) mass is 306 g/mol. The van der Waals surface area contributed by atoms with Gasteiger partial charge in [0.25, 0.3) is 0 Å². The standard InChI is InChI=1S/C11H15ClN2O2S2/c1-9(12)8-14-18(15,16)7-6-17-11-5-3-2-4-10(11)13/h2-5,14H,1,6-8,13H2. The van der Waals surface area contributed by atoms with Gasteiger partial charge in [-0.2, -0.15) is 0 Å². The third-order valence-electron chi connectivity index (χ3n) is 2.01. The maximum atomic E-state index is 11.6. The molecule has 3 N–H and O–H groups in total. The van der Waals surface area contributed by atoms with Gasteiger partial charge in [0.05, 0.1) is 5.75 Å². The van der Waals surface area contributed by atoms with Crippen LogP contribution in [0.3, 0.4) is 0 Å². The Labute approximate surface area is 117 Å². The number of halogens is 1. The Morgan fingerprint density at radius 3 is 2.72 bits per heavy atom. The van der Waals surface area contributed by atoms with Gasteiger partial charge in [-0.15, -0.1) is 11.8 Å².